The number of hydrogen-bond acceptors (Lipinski definition) is 4. The van der Waals surface area contributed by atoms with Crippen LogP contribution in [-0.4, -0.2) is 25.6 Å². The number of carbonyl (C=O) groups excluding carboxylic acids is 1. The van der Waals surface area contributed by atoms with Crippen molar-refractivity contribution in [1.82, 2.24) is 5.32 Å². The van der Waals surface area contributed by atoms with Crippen LogP contribution in [0.15, 0.2) is 29.4 Å². The molecule has 0 aliphatic rings. The van der Waals surface area contributed by atoms with E-state index in [1.165, 1.54) is 0 Å². The summed E-state index contributed by atoms with van der Waals surface area (Å²) in [4.78, 5) is 14.3. The molecule has 1 rings (SSSR count). The number of benzene rings is 1. The molecule has 0 bridgehead atoms. The van der Waals surface area contributed by atoms with E-state index in [9.17, 15) is 4.79 Å². The van der Waals surface area contributed by atoms with Gasteiger partial charge in [-0.25, -0.2) is 0 Å². The second kappa shape index (κ2) is 8.79. The van der Waals surface area contributed by atoms with Gasteiger partial charge in [-0.3, -0.25) is 4.79 Å². The van der Waals surface area contributed by atoms with Crippen LogP contribution in [-0.2, 0) is 4.79 Å². The smallest absolute Gasteiger partial charge is 0.239 e. The summed E-state index contributed by atoms with van der Waals surface area (Å²) in [7, 11) is 0. The second-order valence-electron chi connectivity index (χ2n) is 4.07. The minimum absolute atomic E-state index is 0.377. The quantitative estimate of drug-likeness (QED) is 0.311. The molecule has 0 spiro atoms. The number of para-hydroxylation sites is 1. The van der Waals surface area contributed by atoms with E-state index in [1.807, 2.05) is 19.1 Å². The molecule has 108 valence electrons. The van der Waals surface area contributed by atoms with Gasteiger partial charge < -0.3 is 15.8 Å². The lowest BCUT2D eigenvalue weighted by Crippen LogP contribution is -2.34. The zero-order valence-corrected chi connectivity index (χ0v) is 11.5. The van der Waals surface area contributed by atoms with Crippen LogP contribution < -0.4 is 15.8 Å². The maximum Gasteiger partial charge on any atom is 0.239 e. The molecule has 7 heteroatoms. The van der Waals surface area contributed by atoms with Gasteiger partial charge in [-0.2, -0.15) is 0 Å². The van der Waals surface area contributed by atoms with Crippen molar-refractivity contribution < 1.29 is 9.53 Å². The Balaban J connectivity index is 2.75. The summed E-state index contributed by atoms with van der Waals surface area (Å²) < 4.78 is 5.50. The molecule has 1 aromatic carbocycles. The number of nitrogens with zero attached hydrogens (tertiary/aromatic N) is 3. The molecular formula is C13H19N5O2. The standard InChI is InChI=1S/C13H19N5O2/c1-2-20-11-7-4-3-6-10(11)12(13(14)19)16-8-5-9-17-18-15/h3-4,6-7,12,16H,2,5,8-9H2,1H3,(H2,14,19). The van der Waals surface area contributed by atoms with Crippen molar-refractivity contribution in [2.75, 3.05) is 19.7 Å². The Morgan fingerprint density at radius 1 is 1.55 bits per heavy atom. The first-order valence-electron chi connectivity index (χ1n) is 6.46. The summed E-state index contributed by atoms with van der Waals surface area (Å²) in [6, 6.07) is 6.66. The monoisotopic (exact) mass is 277 g/mol. The van der Waals surface area contributed by atoms with E-state index in [2.05, 4.69) is 15.3 Å². The third-order valence-corrected chi connectivity index (χ3v) is 2.66. The van der Waals surface area contributed by atoms with Crippen molar-refractivity contribution in [2.45, 2.75) is 19.4 Å². The van der Waals surface area contributed by atoms with Crippen molar-refractivity contribution in [1.29, 1.82) is 0 Å². The molecule has 1 aromatic rings. The van der Waals surface area contributed by atoms with E-state index in [1.54, 1.807) is 12.1 Å². The number of azide groups is 1. The Labute approximate surface area is 117 Å². The normalized spacial score (nSPS) is 11.4. The highest BCUT2D eigenvalue weighted by Gasteiger charge is 2.20. The third-order valence-electron chi connectivity index (χ3n) is 2.66. The summed E-state index contributed by atoms with van der Waals surface area (Å²) in [5, 5.41) is 6.49. The first-order valence-corrected chi connectivity index (χ1v) is 6.46. The van der Waals surface area contributed by atoms with Gasteiger partial charge in [-0.1, -0.05) is 23.3 Å². The Hall–Kier alpha value is -2.24. The summed E-state index contributed by atoms with van der Waals surface area (Å²) in [5.41, 5.74) is 14.3. The fraction of sp³-hybridized carbons (Fsp3) is 0.462. The number of ether oxygens (including phenoxy) is 1. The molecule has 3 N–H and O–H groups in total. The Morgan fingerprint density at radius 3 is 2.95 bits per heavy atom. The van der Waals surface area contributed by atoms with Gasteiger partial charge in [-0.15, -0.1) is 0 Å². The lowest BCUT2D eigenvalue weighted by atomic mass is 10.0. The zero-order chi connectivity index (χ0) is 14.8. The second-order valence-corrected chi connectivity index (χ2v) is 4.07. The van der Waals surface area contributed by atoms with Crippen LogP contribution in [0.5, 0.6) is 5.75 Å². The van der Waals surface area contributed by atoms with Gasteiger partial charge in [0.2, 0.25) is 5.91 Å². The van der Waals surface area contributed by atoms with E-state index in [0.29, 0.717) is 37.4 Å². The molecule has 1 amide bonds. The zero-order valence-electron chi connectivity index (χ0n) is 11.5. The van der Waals surface area contributed by atoms with Crippen molar-refractivity contribution in [2.24, 2.45) is 10.8 Å². The summed E-state index contributed by atoms with van der Waals surface area (Å²) in [5.74, 6) is 0.169. The Morgan fingerprint density at radius 2 is 2.30 bits per heavy atom. The third kappa shape index (κ3) is 4.79. The summed E-state index contributed by atoms with van der Waals surface area (Å²) in [6.07, 6.45) is 0.630. The van der Waals surface area contributed by atoms with Crippen LogP contribution >= 0.6 is 0 Å². The number of amides is 1. The van der Waals surface area contributed by atoms with Crippen molar-refractivity contribution in [3.05, 3.63) is 40.3 Å². The van der Waals surface area contributed by atoms with Crippen LogP contribution in [0, 0.1) is 0 Å². The van der Waals surface area contributed by atoms with Gasteiger partial charge in [0.15, 0.2) is 0 Å². The molecule has 1 atom stereocenters. The summed E-state index contributed by atoms with van der Waals surface area (Å²) >= 11 is 0. The van der Waals surface area contributed by atoms with Gasteiger partial charge in [0.25, 0.3) is 0 Å². The van der Waals surface area contributed by atoms with Gasteiger partial charge in [-0.05, 0) is 31.5 Å². The van der Waals surface area contributed by atoms with Crippen molar-refractivity contribution in [3.8, 4) is 5.75 Å². The van der Waals surface area contributed by atoms with Crippen LogP contribution in [0.3, 0.4) is 0 Å². The van der Waals surface area contributed by atoms with Crippen molar-refractivity contribution in [3.63, 3.8) is 0 Å². The topological polar surface area (TPSA) is 113 Å². The molecule has 0 fully saturated rings. The van der Waals surface area contributed by atoms with Gasteiger partial charge >= 0.3 is 0 Å². The van der Waals surface area contributed by atoms with Gasteiger partial charge in [0.05, 0.1) is 6.61 Å². The number of rotatable bonds is 9. The SMILES string of the molecule is CCOc1ccccc1C(NCCCN=[N+]=[N-])C(N)=O. The molecule has 0 heterocycles. The fourth-order valence-electron chi connectivity index (χ4n) is 1.81. The first-order chi connectivity index (χ1) is 9.70. The molecule has 0 radical (unpaired) electrons. The first kappa shape index (κ1) is 15.8. The predicted molar refractivity (Wildman–Crippen MR) is 76.2 cm³/mol. The molecule has 20 heavy (non-hydrogen) atoms. The summed E-state index contributed by atoms with van der Waals surface area (Å²) in [6.45, 7) is 3.29. The van der Waals surface area contributed by atoms with E-state index >= 15 is 0 Å². The minimum Gasteiger partial charge on any atom is -0.494 e. The van der Waals surface area contributed by atoms with E-state index in [-0.39, 0.29) is 0 Å². The molecule has 0 aliphatic carbocycles. The van der Waals surface area contributed by atoms with Crippen LogP contribution in [0.1, 0.15) is 24.9 Å². The molecule has 7 nitrogen and oxygen atoms in total. The number of hydrogen-bond donors (Lipinski definition) is 2. The molecule has 0 saturated heterocycles. The molecular weight excluding hydrogens is 258 g/mol. The fourth-order valence-corrected chi connectivity index (χ4v) is 1.81. The van der Waals surface area contributed by atoms with Gasteiger partial charge in [0, 0.05) is 17.0 Å². The Kier molecular flexibility index (Phi) is 6.95. The van der Waals surface area contributed by atoms with Crippen LogP contribution in [0.25, 0.3) is 10.4 Å². The highest BCUT2D eigenvalue weighted by atomic mass is 16.5. The largest absolute Gasteiger partial charge is 0.494 e. The van der Waals surface area contributed by atoms with E-state index in [0.717, 1.165) is 0 Å². The van der Waals surface area contributed by atoms with Gasteiger partial charge in [0.1, 0.15) is 11.8 Å². The molecule has 0 aliphatic heterocycles. The van der Waals surface area contributed by atoms with E-state index in [4.69, 9.17) is 16.0 Å². The maximum absolute atomic E-state index is 11.6. The lowest BCUT2D eigenvalue weighted by Gasteiger charge is -2.18. The minimum atomic E-state index is -0.621. The average molecular weight is 277 g/mol. The average Bonchev–Trinajstić information content (AvgIpc) is 2.44. The predicted octanol–water partition coefficient (Wildman–Crippen LogP) is 1.90. The Bertz CT molecular complexity index is 485. The van der Waals surface area contributed by atoms with Crippen LogP contribution in [0.2, 0.25) is 0 Å². The van der Waals surface area contributed by atoms with Crippen LogP contribution in [0.4, 0.5) is 0 Å². The number of carbonyl (C=O) groups is 1. The molecule has 1 unspecified atom stereocenters. The maximum atomic E-state index is 11.6. The molecule has 0 aromatic heterocycles. The number of primary amides is 1. The highest BCUT2D eigenvalue weighted by molar-refractivity contribution is 5.82. The number of nitrogens with one attached hydrogen (secondary N) is 1. The van der Waals surface area contributed by atoms with Crippen molar-refractivity contribution >= 4 is 5.91 Å². The highest BCUT2D eigenvalue weighted by Crippen LogP contribution is 2.24. The number of nitrogens with two attached hydrogens (primary N) is 1. The van der Waals surface area contributed by atoms with E-state index < -0.39 is 11.9 Å². The molecule has 0 saturated carbocycles. The lowest BCUT2D eigenvalue weighted by molar-refractivity contribution is -0.120.